The maximum Gasteiger partial charge on any atom is 0.255 e. The van der Waals surface area contributed by atoms with Crippen LogP contribution in [0.4, 0.5) is 5.69 Å². The minimum absolute atomic E-state index is 0.226. The van der Waals surface area contributed by atoms with Crippen molar-refractivity contribution in [3.8, 4) is 0 Å². The highest BCUT2D eigenvalue weighted by Crippen LogP contribution is 2.38. The van der Waals surface area contributed by atoms with E-state index in [2.05, 4.69) is 10.3 Å². The van der Waals surface area contributed by atoms with E-state index in [0.29, 0.717) is 5.69 Å². The molecular formula is C23H25N3O6S. The molecule has 2 aromatic rings. The van der Waals surface area contributed by atoms with E-state index in [1.165, 1.54) is 0 Å². The molecular weight excluding hydrogens is 446 g/mol. The number of thioether (sulfide) groups is 1. The number of aliphatic imine (C=N–C) groups is 1. The summed E-state index contributed by atoms with van der Waals surface area (Å²) in [5, 5.41) is 43.6. The van der Waals surface area contributed by atoms with Gasteiger partial charge in [0.15, 0.2) is 5.17 Å². The molecule has 0 unspecified atom stereocenters. The van der Waals surface area contributed by atoms with E-state index in [0.717, 1.165) is 22.2 Å². The second-order valence-electron chi connectivity index (χ2n) is 8.07. The second-order valence-corrected chi connectivity index (χ2v) is 9.24. The van der Waals surface area contributed by atoms with Crippen molar-refractivity contribution >= 4 is 34.4 Å². The van der Waals surface area contributed by atoms with E-state index >= 15 is 0 Å². The van der Waals surface area contributed by atoms with Crippen molar-refractivity contribution in [2.24, 2.45) is 4.99 Å². The number of amides is 2. The number of amidine groups is 1. The van der Waals surface area contributed by atoms with Crippen LogP contribution in [0.2, 0.25) is 0 Å². The van der Waals surface area contributed by atoms with Crippen LogP contribution in [0.3, 0.4) is 0 Å². The lowest BCUT2D eigenvalue weighted by molar-refractivity contribution is -0.145. The normalized spacial score (nSPS) is 29.4. The maximum absolute atomic E-state index is 13.4. The lowest BCUT2D eigenvalue weighted by Gasteiger charge is -2.52. The SMILES string of the molecule is Cc1ccc(N=C2NC(=O)[C@H]3[C@@H](S2)[C@@H](O)[C@H](O)[C@@H]([C@@H](O)CO)N3C(=O)c2ccccc2)cc1. The monoisotopic (exact) mass is 471 g/mol. The summed E-state index contributed by atoms with van der Waals surface area (Å²) in [6, 6.07) is 12.9. The number of benzene rings is 2. The highest BCUT2D eigenvalue weighted by atomic mass is 32.2. The van der Waals surface area contributed by atoms with Gasteiger partial charge in [-0.2, -0.15) is 0 Å². The van der Waals surface area contributed by atoms with Crippen molar-refractivity contribution in [1.82, 2.24) is 10.2 Å². The van der Waals surface area contributed by atoms with E-state index < -0.39 is 54.1 Å². The number of carbonyl (C=O) groups excluding carboxylic acids is 2. The first-order valence-corrected chi connectivity index (χ1v) is 11.4. The number of piperidine rings is 1. The van der Waals surface area contributed by atoms with Crippen LogP contribution in [0.5, 0.6) is 0 Å². The predicted octanol–water partition coefficient (Wildman–Crippen LogP) is 0.182. The van der Waals surface area contributed by atoms with Crippen LogP contribution in [-0.4, -0.2) is 84.6 Å². The standard InChI is InChI=1S/C23H25N3O6S/c1-12-7-9-14(10-8-12)24-23-25-21(31)17-20(33-23)19(30)18(29)16(15(28)11-27)26(17)22(32)13-5-3-2-4-6-13/h2-10,15-20,27-30H,11H2,1H3,(H,24,25,31)/t15-,16+,17+,18+,19-,20+/m0/s1. The van der Waals surface area contributed by atoms with Gasteiger partial charge in [-0.05, 0) is 31.2 Å². The van der Waals surface area contributed by atoms with Gasteiger partial charge in [0.05, 0.1) is 29.7 Å². The number of aliphatic hydroxyl groups is 4. The summed E-state index contributed by atoms with van der Waals surface area (Å²) in [7, 11) is 0. The predicted molar refractivity (Wildman–Crippen MR) is 123 cm³/mol. The van der Waals surface area contributed by atoms with E-state index in [4.69, 9.17) is 0 Å². The molecule has 0 radical (unpaired) electrons. The van der Waals surface area contributed by atoms with Crippen LogP contribution in [0, 0.1) is 6.92 Å². The first-order chi connectivity index (χ1) is 15.8. The molecule has 0 saturated carbocycles. The molecule has 2 aliphatic heterocycles. The molecule has 5 N–H and O–H groups in total. The number of likely N-dealkylation sites (tertiary alicyclic amines) is 1. The van der Waals surface area contributed by atoms with Crippen LogP contribution in [0.15, 0.2) is 59.6 Å². The molecule has 6 atom stereocenters. The van der Waals surface area contributed by atoms with E-state index in [9.17, 15) is 30.0 Å². The smallest absolute Gasteiger partial charge is 0.255 e. The summed E-state index contributed by atoms with van der Waals surface area (Å²) in [6.07, 6.45) is -4.62. The van der Waals surface area contributed by atoms with Crippen molar-refractivity contribution < 1.29 is 30.0 Å². The average Bonchev–Trinajstić information content (AvgIpc) is 2.82. The Labute approximate surface area is 194 Å². The zero-order valence-electron chi connectivity index (χ0n) is 17.8. The van der Waals surface area contributed by atoms with Crippen molar-refractivity contribution in [2.45, 2.75) is 42.6 Å². The summed E-state index contributed by atoms with van der Waals surface area (Å²) in [5.74, 6) is -1.21. The number of aliphatic hydroxyl groups excluding tert-OH is 4. The highest BCUT2D eigenvalue weighted by molar-refractivity contribution is 8.14. The summed E-state index contributed by atoms with van der Waals surface area (Å²) in [5.41, 5.74) is 1.89. The van der Waals surface area contributed by atoms with E-state index in [1.54, 1.807) is 42.5 Å². The molecule has 0 aromatic heterocycles. The van der Waals surface area contributed by atoms with Gasteiger partial charge in [-0.15, -0.1) is 0 Å². The molecule has 33 heavy (non-hydrogen) atoms. The second kappa shape index (κ2) is 9.62. The number of nitrogens with zero attached hydrogens (tertiary/aromatic N) is 2. The third-order valence-electron chi connectivity index (χ3n) is 5.82. The Kier molecular flexibility index (Phi) is 6.82. The van der Waals surface area contributed by atoms with Crippen LogP contribution < -0.4 is 5.32 Å². The highest BCUT2D eigenvalue weighted by Gasteiger charge is 2.57. The topological polar surface area (TPSA) is 143 Å². The van der Waals surface area contributed by atoms with Crippen molar-refractivity contribution in [3.05, 3.63) is 65.7 Å². The van der Waals surface area contributed by atoms with Crippen molar-refractivity contribution in [1.29, 1.82) is 0 Å². The number of hydrogen-bond donors (Lipinski definition) is 5. The summed E-state index contributed by atoms with van der Waals surface area (Å²) in [4.78, 5) is 32.1. The van der Waals surface area contributed by atoms with E-state index in [-0.39, 0.29) is 10.7 Å². The fourth-order valence-electron chi connectivity index (χ4n) is 4.14. The van der Waals surface area contributed by atoms with E-state index in [1.807, 2.05) is 19.1 Å². The Balaban J connectivity index is 1.72. The van der Waals surface area contributed by atoms with Gasteiger partial charge in [-0.1, -0.05) is 47.7 Å². The van der Waals surface area contributed by atoms with Gasteiger partial charge in [-0.25, -0.2) is 4.99 Å². The molecule has 0 aliphatic carbocycles. The van der Waals surface area contributed by atoms with Crippen molar-refractivity contribution in [2.75, 3.05) is 6.61 Å². The van der Waals surface area contributed by atoms with Gasteiger partial charge in [0.2, 0.25) is 5.91 Å². The molecule has 10 heteroatoms. The molecule has 174 valence electrons. The fourth-order valence-corrected chi connectivity index (χ4v) is 5.40. The Morgan fingerprint density at radius 2 is 1.79 bits per heavy atom. The summed E-state index contributed by atoms with van der Waals surface area (Å²) >= 11 is 1.04. The number of rotatable bonds is 4. The number of hydrogen-bond acceptors (Lipinski definition) is 8. The third kappa shape index (κ3) is 4.53. The zero-order chi connectivity index (χ0) is 23.7. The van der Waals surface area contributed by atoms with Gasteiger partial charge < -0.3 is 30.6 Å². The molecule has 0 bridgehead atoms. The Hall–Kier alpha value is -2.76. The third-order valence-corrected chi connectivity index (χ3v) is 7.04. The summed E-state index contributed by atoms with van der Waals surface area (Å²) in [6.45, 7) is 1.17. The Morgan fingerprint density at radius 3 is 2.42 bits per heavy atom. The molecule has 2 aliphatic rings. The molecule has 9 nitrogen and oxygen atoms in total. The molecule has 2 amide bonds. The fraction of sp³-hybridized carbons (Fsp3) is 0.348. The van der Waals surface area contributed by atoms with Gasteiger partial charge in [0.25, 0.3) is 5.91 Å². The number of nitrogens with one attached hydrogen (secondary N) is 1. The molecule has 2 heterocycles. The Morgan fingerprint density at radius 1 is 1.12 bits per heavy atom. The molecule has 2 fully saturated rings. The van der Waals surface area contributed by atoms with Crippen LogP contribution in [-0.2, 0) is 4.79 Å². The van der Waals surface area contributed by atoms with Crippen LogP contribution >= 0.6 is 11.8 Å². The largest absolute Gasteiger partial charge is 0.394 e. The minimum atomic E-state index is -1.60. The lowest BCUT2D eigenvalue weighted by Crippen LogP contribution is -2.74. The van der Waals surface area contributed by atoms with Crippen molar-refractivity contribution in [3.63, 3.8) is 0 Å². The molecule has 4 rings (SSSR count). The van der Waals surface area contributed by atoms with Crippen LogP contribution in [0.25, 0.3) is 0 Å². The van der Waals surface area contributed by atoms with Gasteiger partial charge in [-0.3, -0.25) is 9.59 Å². The lowest BCUT2D eigenvalue weighted by atomic mass is 9.85. The number of aryl methyl sites for hydroxylation is 1. The Bertz CT molecular complexity index is 1050. The maximum atomic E-state index is 13.4. The van der Waals surface area contributed by atoms with Gasteiger partial charge in [0, 0.05) is 5.56 Å². The summed E-state index contributed by atoms with van der Waals surface area (Å²) < 4.78 is 0. The quantitative estimate of drug-likeness (QED) is 0.428. The molecule has 2 saturated heterocycles. The number of carbonyl (C=O) groups is 2. The molecule has 0 spiro atoms. The minimum Gasteiger partial charge on any atom is -0.394 e. The first-order valence-electron chi connectivity index (χ1n) is 10.5. The molecule has 2 aromatic carbocycles. The first kappa shape index (κ1) is 23.4. The van der Waals surface area contributed by atoms with Gasteiger partial charge >= 0.3 is 0 Å². The van der Waals surface area contributed by atoms with Gasteiger partial charge in [0.1, 0.15) is 18.2 Å². The van der Waals surface area contributed by atoms with Crippen LogP contribution in [0.1, 0.15) is 15.9 Å². The zero-order valence-corrected chi connectivity index (χ0v) is 18.6. The average molecular weight is 472 g/mol. The number of fused-ring (bicyclic) bond motifs is 1.